The van der Waals surface area contributed by atoms with Crippen LogP contribution in [0.3, 0.4) is 0 Å². The van der Waals surface area contributed by atoms with Crippen molar-refractivity contribution in [2.45, 2.75) is 20.0 Å². The lowest BCUT2D eigenvalue weighted by molar-refractivity contribution is -0.144. The lowest BCUT2D eigenvalue weighted by Crippen LogP contribution is -2.09. The van der Waals surface area contributed by atoms with Crippen molar-refractivity contribution in [2.75, 3.05) is 12.4 Å². The highest BCUT2D eigenvalue weighted by molar-refractivity contribution is 5.88. The van der Waals surface area contributed by atoms with Crippen molar-refractivity contribution in [3.63, 3.8) is 0 Å². The maximum absolute atomic E-state index is 13.6. The molecule has 0 saturated heterocycles. The Morgan fingerprint density at radius 2 is 1.75 bits per heavy atom. The number of benzene rings is 2. The van der Waals surface area contributed by atoms with E-state index in [-0.39, 0.29) is 24.7 Å². The lowest BCUT2D eigenvalue weighted by atomic mass is 10.1. The van der Waals surface area contributed by atoms with E-state index in [0.717, 1.165) is 5.56 Å². The Kier molecular flexibility index (Phi) is 5.89. The quantitative estimate of drug-likeness (QED) is 0.826. The Morgan fingerprint density at radius 1 is 1.08 bits per heavy atom. The second-order valence-corrected chi connectivity index (χ2v) is 5.18. The predicted octanol–water partition coefficient (Wildman–Crippen LogP) is 3.08. The number of amides is 1. The zero-order chi connectivity index (χ0) is 17.5. The van der Waals surface area contributed by atoms with Crippen LogP contribution in [0.1, 0.15) is 18.1 Å². The van der Waals surface area contributed by atoms with Crippen LogP contribution >= 0.6 is 0 Å². The summed E-state index contributed by atoms with van der Waals surface area (Å²) in [6.45, 7) is 1.41. The van der Waals surface area contributed by atoms with E-state index in [1.54, 1.807) is 30.3 Å². The van der Waals surface area contributed by atoms with Crippen molar-refractivity contribution in [3.8, 4) is 5.75 Å². The van der Waals surface area contributed by atoms with Crippen LogP contribution in [0, 0.1) is 5.82 Å². The van der Waals surface area contributed by atoms with Crippen LogP contribution in [-0.2, 0) is 27.4 Å². The van der Waals surface area contributed by atoms with Gasteiger partial charge in [0.05, 0.1) is 13.5 Å². The number of ether oxygens (including phenoxy) is 2. The molecule has 1 N–H and O–H groups in total. The number of hydrogen-bond donors (Lipinski definition) is 1. The van der Waals surface area contributed by atoms with Gasteiger partial charge < -0.3 is 14.8 Å². The minimum absolute atomic E-state index is 0.0102. The zero-order valence-corrected chi connectivity index (χ0v) is 13.5. The molecule has 0 bridgehead atoms. The number of esters is 1. The Labute approximate surface area is 139 Å². The molecule has 0 radical (unpaired) electrons. The first kappa shape index (κ1) is 17.5. The maximum Gasteiger partial charge on any atom is 0.310 e. The van der Waals surface area contributed by atoms with Crippen molar-refractivity contribution < 1.29 is 23.5 Å². The van der Waals surface area contributed by atoms with Gasteiger partial charge in [-0.3, -0.25) is 9.59 Å². The highest BCUT2D eigenvalue weighted by Crippen LogP contribution is 2.18. The van der Waals surface area contributed by atoms with E-state index in [1.807, 2.05) is 0 Å². The van der Waals surface area contributed by atoms with Gasteiger partial charge in [-0.15, -0.1) is 0 Å². The Morgan fingerprint density at radius 3 is 2.33 bits per heavy atom. The van der Waals surface area contributed by atoms with Crippen molar-refractivity contribution in [1.82, 2.24) is 0 Å². The molecule has 5 nitrogen and oxygen atoms in total. The van der Waals surface area contributed by atoms with Crippen molar-refractivity contribution in [1.29, 1.82) is 0 Å². The topological polar surface area (TPSA) is 64.6 Å². The SMILES string of the molecule is COc1ccc(COC(=O)Cc2ccc(NC(C)=O)cc2)cc1F. The molecular weight excluding hydrogens is 313 g/mol. The van der Waals surface area contributed by atoms with Crippen molar-refractivity contribution in [3.05, 3.63) is 59.4 Å². The minimum Gasteiger partial charge on any atom is -0.494 e. The summed E-state index contributed by atoms with van der Waals surface area (Å²) in [6.07, 6.45) is 0.0962. The van der Waals surface area contributed by atoms with Gasteiger partial charge in [-0.05, 0) is 35.4 Å². The van der Waals surface area contributed by atoms with E-state index in [9.17, 15) is 14.0 Å². The summed E-state index contributed by atoms with van der Waals surface area (Å²) in [5, 5.41) is 2.65. The highest BCUT2D eigenvalue weighted by atomic mass is 19.1. The van der Waals surface area contributed by atoms with Gasteiger partial charge in [0.15, 0.2) is 11.6 Å². The average Bonchev–Trinajstić information content (AvgIpc) is 2.54. The van der Waals surface area contributed by atoms with Crippen LogP contribution in [0.25, 0.3) is 0 Å². The molecule has 0 spiro atoms. The Balaban J connectivity index is 1.87. The molecule has 0 fully saturated rings. The highest BCUT2D eigenvalue weighted by Gasteiger charge is 2.08. The Hall–Kier alpha value is -2.89. The van der Waals surface area contributed by atoms with Gasteiger partial charge in [-0.2, -0.15) is 0 Å². The standard InChI is InChI=1S/C18H18FNO4/c1-12(21)20-15-6-3-13(4-7-15)10-18(22)24-11-14-5-8-17(23-2)16(19)9-14/h3-9H,10-11H2,1-2H3,(H,20,21). The molecule has 0 saturated carbocycles. The second kappa shape index (κ2) is 8.10. The summed E-state index contributed by atoms with van der Waals surface area (Å²) < 4.78 is 23.5. The largest absolute Gasteiger partial charge is 0.494 e. The third-order valence-electron chi connectivity index (χ3n) is 3.24. The summed E-state index contributed by atoms with van der Waals surface area (Å²) in [6, 6.07) is 11.3. The van der Waals surface area contributed by atoms with Gasteiger partial charge in [0, 0.05) is 12.6 Å². The maximum atomic E-state index is 13.6. The number of methoxy groups -OCH3 is 1. The van der Waals surface area contributed by atoms with Crippen LogP contribution in [0.2, 0.25) is 0 Å². The van der Waals surface area contributed by atoms with Crippen LogP contribution in [0.15, 0.2) is 42.5 Å². The van der Waals surface area contributed by atoms with Gasteiger partial charge in [-0.1, -0.05) is 18.2 Å². The van der Waals surface area contributed by atoms with Crippen LogP contribution in [0.4, 0.5) is 10.1 Å². The molecule has 1 amide bonds. The van der Waals surface area contributed by atoms with E-state index in [1.165, 1.54) is 26.2 Å². The molecule has 2 aromatic carbocycles. The number of anilines is 1. The van der Waals surface area contributed by atoms with Gasteiger partial charge >= 0.3 is 5.97 Å². The molecule has 2 rings (SSSR count). The molecular formula is C18H18FNO4. The number of halogens is 1. The van der Waals surface area contributed by atoms with Crippen molar-refractivity contribution in [2.24, 2.45) is 0 Å². The summed E-state index contributed by atoms with van der Waals surface area (Å²) in [5.74, 6) is -0.934. The third-order valence-corrected chi connectivity index (χ3v) is 3.24. The number of carbonyl (C=O) groups excluding carboxylic acids is 2. The van der Waals surface area contributed by atoms with Crippen LogP contribution in [-0.4, -0.2) is 19.0 Å². The molecule has 24 heavy (non-hydrogen) atoms. The third kappa shape index (κ3) is 5.08. The van der Waals surface area contributed by atoms with E-state index < -0.39 is 11.8 Å². The molecule has 6 heteroatoms. The predicted molar refractivity (Wildman–Crippen MR) is 87.2 cm³/mol. The summed E-state index contributed by atoms with van der Waals surface area (Å²) in [7, 11) is 1.38. The number of nitrogens with one attached hydrogen (secondary N) is 1. The molecule has 0 aliphatic rings. The first-order valence-corrected chi connectivity index (χ1v) is 7.32. The number of hydrogen-bond acceptors (Lipinski definition) is 4. The summed E-state index contributed by atoms with van der Waals surface area (Å²) in [5.41, 5.74) is 1.96. The van der Waals surface area contributed by atoms with Gasteiger partial charge in [0.25, 0.3) is 0 Å². The van der Waals surface area contributed by atoms with Crippen molar-refractivity contribution >= 4 is 17.6 Å². The summed E-state index contributed by atoms with van der Waals surface area (Å²) >= 11 is 0. The number of rotatable bonds is 6. The summed E-state index contributed by atoms with van der Waals surface area (Å²) in [4.78, 5) is 22.8. The smallest absolute Gasteiger partial charge is 0.310 e. The molecule has 126 valence electrons. The van der Waals surface area contributed by atoms with E-state index in [4.69, 9.17) is 9.47 Å². The van der Waals surface area contributed by atoms with Gasteiger partial charge in [-0.25, -0.2) is 4.39 Å². The normalized spacial score (nSPS) is 10.1. The molecule has 0 unspecified atom stereocenters. The molecule has 0 aromatic heterocycles. The zero-order valence-electron chi connectivity index (χ0n) is 13.5. The number of carbonyl (C=O) groups is 2. The molecule has 0 atom stereocenters. The molecule has 0 aliphatic carbocycles. The second-order valence-electron chi connectivity index (χ2n) is 5.18. The average molecular weight is 331 g/mol. The lowest BCUT2D eigenvalue weighted by Gasteiger charge is -2.08. The van der Waals surface area contributed by atoms with E-state index in [0.29, 0.717) is 11.3 Å². The van der Waals surface area contributed by atoms with E-state index in [2.05, 4.69) is 5.32 Å². The first-order chi connectivity index (χ1) is 11.5. The molecule has 2 aromatic rings. The van der Waals surface area contributed by atoms with Gasteiger partial charge in [0.2, 0.25) is 5.91 Å². The fourth-order valence-electron chi connectivity index (χ4n) is 2.09. The first-order valence-electron chi connectivity index (χ1n) is 7.32. The minimum atomic E-state index is -0.500. The Bertz CT molecular complexity index is 728. The molecule has 0 aliphatic heterocycles. The van der Waals surface area contributed by atoms with Crippen LogP contribution in [0.5, 0.6) is 5.75 Å². The fraction of sp³-hybridized carbons (Fsp3) is 0.222. The monoisotopic (exact) mass is 331 g/mol. The van der Waals surface area contributed by atoms with E-state index >= 15 is 0 Å². The molecule has 0 heterocycles. The fourth-order valence-corrected chi connectivity index (χ4v) is 2.09. The van der Waals surface area contributed by atoms with Crippen LogP contribution < -0.4 is 10.1 Å². The van der Waals surface area contributed by atoms with Gasteiger partial charge in [0.1, 0.15) is 6.61 Å².